The van der Waals surface area contributed by atoms with Crippen molar-refractivity contribution in [2.45, 2.75) is 60.0 Å². The van der Waals surface area contributed by atoms with Gasteiger partial charge in [-0.2, -0.15) is 0 Å². The highest BCUT2D eigenvalue weighted by atomic mass is 16.2. The molecule has 0 saturated carbocycles. The van der Waals surface area contributed by atoms with Crippen LogP contribution in [0.4, 0.5) is 0 Å². The minimum absolute atomic E-state index is 0.0463. The molecule has 1 unspecified atom stereocenters. The van der Waals surface area contributed by atoms with Gasteiger partial charge < -0.3 is 10.2 Å². The number of carbonyl (C=O) groups is 1. The summed E-state index contributed by atoms with van der Waals surface area (Å²) in [6.45, 7) is 15.1. The zero-order valence-electron chi connectivity index (χ0n) is 12.9. The Labute approximate surface area is 112 Å². The summed E-state index contributed by atoms with van der Waals surface area (Å²) in [5.41, 5.74) is 0. The number of nitrogens with zero attached hydrogens (tertiary/aromatic N) is 1. The van der Waals surface area contributed by atoms with E-state index in [0.717, 1.165) is 19.5 Å². The number of hydrogen-bond acceptors (Lipinski definition) is 2. The third-order valence-electron chi connectivity index (χ3n) is 3.98. The Morgan fingerprint density at radius 3 is 2.17 bits per heavy atom. The average molecular weight is 254 g/mol. The summed E-state index contributed by atoms with van der Waals surface area (Å²) in [5, 5.41) is 3.36. The highest BCUT2D eigenvalue weighted by Crippen LogP contribution is 2.24. The first-order valence-corrected chi connectivity index (χ1v) is 7.37. The van der Waals surface area contributed by atoms with Crippen LogP contribution in [0.3, 0.4) is 0 Å². The van der Waals surface area contributed by atoms with Gasteiger partial charge in [-0.3, -0.25) is 4.79 Å². The molecule has 0 radical (unpaired) electrons. The van der Waals surface area contributed by atoms with E-state index in [1.54, 1.807) is 0 Å². The van der Waals surface area contributed by atoms with Crippen molar-refractivity contribution in [3.8, 4) is 0 Å². The predicted molar refractivity (Wildman–Crippen MR) is 76.4 cm³/mol. The van der Waals surface area contributed by atoms with E-state index in [1.165, 1.54) is 0 Å². The molecule has 0 aromatic heterocycles. The normalized spacial score (nSPS) is 21.1. The highest BCUT2D eigenvalue weighted by Gasteiger charge is 2.33. The van der Waals surface area contributed by atoms with Crippen LogP contribution in [-0.4, -0.2) is 36.0 Å². The van der Waals surface area contributed by atoms with Gasteiger partial charge in [-0.1, -0.05) is 41.5 Å². The second-order valence-corrected chi connectivity index (χ2v) is 6.60. The van der Waals surface area contributed by atoms with Gasteiger partial charge >= 0.3 is 0 Å². The summed E-state index contributed by atoms with van der Waals surface area (Å²) in [4.78, 5) is 14.3. The van der Waals surface area contributed by atoms with Crippen molar-refractivity contribution in [1.29, 1.82) is 0 Å². The number of likely N-dealkylation sites (tertiary alicyclic amines) is 1. The van der Waals surface area contributed by atoms with Crippen molar-refractivity contribution in [2.24, 2.45) is 17.8 Å². The molecule has 1 rings (SSSR count). The first-order chi connectivity index (χ1) is 8.32. The zero-order valence-corrected chi connectivity index (χ0v) is 12.9. The number of carbonyl (C=O) groups excluding carboxylic acids is 1. The third-order valence-corrected chi connectivity index (χ3v) is 3.98. The van der Waals surface area contributed by atoms with E-state index >= 15 is 0 Å². The molecule has 0 spiro atoms. The molecular formula is C15H30N2O. The maximum atomic E-state index is 12.3. The number of nitrogens with one attached hydrogen (secondary N) is 1. The van der Waals surface area contributed by atoms with Gasteiger partial charge in [0.2, 0.25) is 5.91 Å². The molecule has 3 nitrogen and oxygen atoms in total. The fourth-order valence-electron chi connectivity index (χ4n) is 2.92. The Hall–Kier alpha value is -0.570. The molecule has 1 amide bonds. The maximum absolute atomic E-state index is 12.3. The second-order valence-electron chi connectivity index (χ2n) is 6.60. The molecule has 1 fully saturated rings. The van der Waals surface area contributed by atoms with Crippen molar-refractivity contribution in [3.05, 3.63) is 0 Å². The Bertz CT molecular complexity index is 266. The van der Waals surface area contributed by atoms with Crippen molar-refractivity contribution >= 4 is 5.91 Å². The van der Waals surface area contributed by atoms with Crippen LogP contribution in [0.1, 0.15) is 48.0 Å². The molecule has 1 aliphatic rings. The van der Waals surface area contributed by atoms with Crippen LogP contribution < -0.4 is 5.32 Å². The van der Waals surface area contributed by atoms with E-state index in [-0.39, 0.29) is 6.04 Å². The van der Waals surface area contributed by atoms with Crippen molar-refractivity contribution in [2.75, 3.05) is 13.1 Å². The smallest absolute Gasteiger partial charge is 0.239 e. The minimum atomic E-state index is 0.0463. The summed E-state index contributed by atoms with van der Waals surface area (Å²) in [6.07, 6.45) is 0.958. The Balaban J connectivity index is 2.56. The summed E-state index contributed by atoms with van der Waals surface area (Å²) in [5.74, 6) is 2.17. The lowest BCUT2D eigenvalue weighted by Crippen LogP contribution is -2.43. The Kier molecular flexibility index (Phi) is 5.64. The average Bonchev–Trinajstić information content (AvgIpc) is 2.55. The van der Waals surface area contributed by atoms with Crippen LogP contribution in [0.15, 0.2) is 0 Å². The van der Waals surface area contributed by atoms with Gasteiger partial charge in [-0.25, -0.2) is 0 Å². The van der Waals surface area contributed by atoms with Gasteiger partial charge in [0.05, 0.1) is 6.04 Å². The van der Waals surface area contributed by atoms with Crippen LogP contribution in [0.25, 0.3) is 0 Å². The minimum Gasteiger partial charge on any atom is -0.341 e. The first-order valence-electron chi connectivity index (χ1n) is 7.37. The lowest BCUT2D eigenvalue weighted by molar-refractivity contribution is -0.130. The predicted octanol–water partition coefficient (Wildman–Crippen LogP) is 2.51. The highest BCUT2D eigenvalue weighted by molar-refractivity contribution is 5.84. The lowest BCUT2D eigenvalue weighted by Gasteiger charge is -2.30. The monoisotopic (exact) mass is 254 g/mol. The van der Waals surface area contributed by atoms with Crippen LogP contribution in [0.2, 0.25) is 0 Å². The van der Waals surface area contributed by atoms with Crippen LogP contribution in [0.5, 0.6) is 0 Å². The van der Waals surface area contributed by atoms with E-state index in [1.807, 2.05) is 0 Å². The largest absolute Gasteiger partial charge is 0.341 e. The molecule has 106 valence electrons. The van der Waals surface area contributed by atoms with Crippen LogP contribution in [-0.2, 0) is 4.79 Å². The number of hydrogen-bond donors (Lipinski definition) is 1. The number of amides is 1. The Morgan fingerprint density at radius 1 is 1.17 bits per heavy atom. The molecule has 0 aliphatic carbocycles. The molecule has 3 heteroatoms. The number of rotatable bonds is 6. The van der Waals surface area contributed by atoms with Crippen molar-refractivity contribution in [3.63, 3.8) is 0 Å². The zero-order chi connectivity index (χ0) is 13.9. The summed E-state index contributed by atoms with van der Waals surface area (Å²) >= 11 is 0. The molecule has 0 aromatic rings. The summed E-state index contributed by atoms with van der Waals surface area (Å²) in [7, 11) is 0. The van der Waals surface area contributed by atoms with Gasteiger partial charge in [-0.15, -0.1) is 0 Å². The fraction of sp³-hybridized carbons (Fsp3) is 0.933. The molecule has 0 bridgehead atoms. The maximum Gasteiger partial charge on any atom is 0.239 e. The molecule has 1 N–H and O–H groups in total. The van der Waals surface area contributed by atoms with Crippen molar-refractivity contribution in [1.82, 2.24) is 10.2 Å². The molecule has 1 saturated heterocycles. The third kappa shape index (κ3) is 3.98. The molecule has 18 heavy (non-hydrogen) atoms. The molecular weight excluding hydrogens is 224 g/mol. The quantitative estimate of drug-likeness (QED) is 0.790. The molecule has 1 heterocycles. The van der Waals surface area contributed by atoms with Gasteiger partial charge in [0, 0.05) is 19.1 Å². The summed E-state index contributed by atoms with van der Waals surface area (Å²) in [6, 6.07) is 0.426. The van der Waals surface area contributed by atoms with Crippen molar-refractivity contribution < 1.29 is 4.79 Å². The molecule has 1 aliphatic heterocycles. The second kappa shape index (κ2) is 6.55. The van der Waals surface area contributed by atoms with Crippen LogP contribution in [0, 0.1) is 17.8 Å². The summed E-state index contributed by atoms with van der Waals surface area (Å²) < 4.78 is 0. The van der Waals surface area contributed by atoms with Gasteiger partial charge in [-0.05, 0) is 24.2 Å². The molecule has 1 atom stereocenters. The van der Waals surface area contributed by atoms with E-state index in [2.05, 4.69) is 51.8 Å². The SMILES string of the molecule is CC(C)NC1CCN(CC(C(C)C)C(C)C)C1=O. The van der Waals surface area contributed by atoms with E-state index < -0.39 is 0 Å². The van der Waals surface area contributed by atoms with Gasteiger partial charge in [0.25, 0.3) is 0 Å². The Morgan fingerprint density at radius 2 is 1.72 bits per heavy atom. The van der Waals surface area contributed by atoms with E-state index in [0.29, 0.717) is 29.7 Å². The first kappa shape index (κ1) is 15.5. The molecule has 0 aromatic carbocycles. The van der Waals surface area contributed by atoms with E-state index in [9.17, 15) is 4.79 Å². The van der Waals surface area contributed by atoms with Crippen LogP contribution >= 0.6 is 0 Å². The fourth-order valence-corrected chi connectivity index (χ4v) is 2.92. The standard InChI is InChI=1S/C15H30N2O/c1-10(2)13(11(3)4)9-17-8-7-14(15(17)18)16-12(5)6/h10-14,16H,7-9H2,1-6H3. The van der Waals surface area contributed by atoms with Gasteiger partial charge in [0.15, 0.2) is 0 Å². The topological polar surface area (TPSA) is 32.3 Å². The van der Waals surface area contributed by atoms with E-state index in [4.69, 9.17) is 0 Å². The van der Waals surface area contributed by atoms with Gasteiger partial charge in [0.1, 0.15) is 0 Å². The lowest BCUT2D eigenvalue weighted by atomic mass is 9.85.